The second kappa shape index (κ2) is 4.53. The van der Waals surface area contributed by atoms with Gasteiger partial charge >= 0.3 is 0 Å². The van der Waals surface area contributed by atoms with Gasteiger partial charge in [0.15, 0.2) is 0 Å². The SMILES string of the molecule is Cn1nc(-c2ccccc2F)cc1C1CCCN1. The highest BCUT2D eigenvalue weighted by molar-refractivity contribution is 5.60. The minimum Gasteiger partial charge on any atom is -0.309 e. The third kappa shape index (κ3) is 1.93. The molecule has 2 aromatic rings. The van der Waals surface area contributed by atoms with Gasteiger partial charge < -0.3 is 5.32 Å². The van der Waals surface area contributed by atoms with Crippen molar-refractivity contribution in [3.63, 3.8) is 0 Å². The molecular weight excluding hydrogens is 229 g/mol. The van der Waals surface area contributed by atoms with E-state index in [9.17, 15) is 4.39 Å². The van der Waals surface area contributed by atoms with Crippen molar-refractivity contribution in [3.05, 3.63) is 41.8 Å². The van der Waals surface area contributed by atoms with E-state index in [2.05, 4.69) is 10.4 Å². The van der Waals surface area contributed by atoms with E-state index in [4.69, 9.17) is 0 Å². The number of rotatable bonds is 2. The van der Waals surface area contributed by atoms with Crippen LogP contribution in [0.15, 0.2) is 30.3 Å². The molecule has 0 radical (unpaired) electrons. The first-order valence-corrected chi connectivity index (χ1v) is 6.28. The van der Waals surface area contributed by atoms with Crippen molar-refractivity contribution in [2.45, 2.75) is 18.9 Å². The molecule has 1 fully saturated rings. The monoisotopic (exact) mass is 245 g/mol. The number of nitrogens with zero attached hydrogens (tertiary/aromatic N) is 2. The fourth-order valence-corrected chi connectivity index (χ4v) is 2.55. The van der Waals surface area contributed by atoms with Gasteiger partial charge in [-0.2, -0.15) is 5.10 Å². The average Bonchev–Trinajstić information content (AvgIpc) is 2.98. The maximum absolute atomic E-state index is 13.7. The van der Waals surface area contributed by atoms with E-state index in [0.717, 1.165) is 18.7 Å². The standard InChI is InChI=1S/C14H16FN3/c1-18-14(12-7-4-8-16-12)9-13(17-18)10-5-2-3-6-11(10)15/h2-3,5-6,9,12,16H,4,7-8H2,1H3. The molecule has 1 aliphatic heterocycles. The summed E-state index contributed by atoms with van der Waals surface area (Å²) in [5, 5.41) is 7.86. The zero-order valence-corrected chi connectivity index (χ0v) is 10.4. The number of aryl methyl sites for hydroxylation is 1. The lowest BCUT2D eigenvalue weighted by Gasteiger charge is -2.09. The molecule has 0 bridgehead atoms. The predicted molar refractivity (Wildman–Crippen MR) is 68.6 cm³/mol. The summed E-state index contributed by atoms with van der Waals surface area (Å²) in [6.45, 7) is 1.05. The summed E-state index contributed by atoms with van der Waals surface area (Å²) in [4.78, 5) is 0. The molecule has 1 aliphatic rings. The smallest absolute Gasteiger partial charge is 0.132 e. The Kier molecular flexibility index (Phi) is 2.88. The molecule has 3 nitrogen and oxygen atoms in total. The molecule has 1 saturated heterocycles. The largest absolute Gasteiger partial charge is 0.309 e. The van der Waals surface area contributed by atoms with E-state index in [0.29, 0.717) is 17.3 Å². The molecule has 0 amide bonds. The Bertz CT molecular complexity index is 556. The molecule has 0 aliphatic carbocycles. The summed E-state index contributed by atoms with van der Waals surface area (Å²) in [5.74, 6) is -0.221. The van der Waals surface area contributed by atoms with Crippen LogP contribution in [-0.4, -0.2) is 16.3 Å². The first-order valence-electron chi connectivity index (χ1n) is 6.28. The molecular formula is C14H16FN3. The van der Waals surface area contributed by atoms with E-state index in [1.165, 1.54) is 12.5 Å². The highest BCUT2D eigenvalue weighted by Crippen LogP contribution is 2.28. The van der Waals surface area contributed by atoms with Crippen LogP contribution >= 0.6 is 0 Å². The number of nitrogens with one attached hydrogen (secondary N) is 1. The van der Waals surface area contributed by atoms with Gasteiger partial charge in [-0.3, -0.25) is 4.68 Å². The summed E-state index contributed by atoms with van der Waals surface area (Å²) in [5.41, 5.74) is 2.41. The van der Waals surface area contributed by atoms with E-state index >= 15 is 0 Å². The van der Waals surface area contributed by atoms with E-state index in [1.807, 2.05) is 23.9 Å². The van der Waals surface area contributed by atoms with Crippen LogP contribution in [0.2, 0.25) is 0 Å². The van der Waals surface area contributed by atoms with Crippen molar-refractivity contribution >= 4 is 0 Å². The molecule has 0 saturated carbocycles. The highest BCUT2D eigenvalue weighted by Gasteiger charge is 2.21. The molecule has 3 rings (SSSR count). The topological polar surface area (TPSA) is 29.9 Å². The number of halogens is 1. The molecule has 1 aromatic heterocycles. The number of aromatic nitrogens is 2. The normalized spacial score (nSPS) is 19.3. The Labute approximate surface area is 106 Å². The fraction of sp³-hybridized carbons (Fsp3) is 0.357. The Balaban J connectivity index is 1.99. The van der Waals surface area contributed by atoms with Crippen LogP contribution in [0.4, 0.5) is 4.39 Å². The molecule has 4 heteroatoms. The first kappa shape index (κ1) is 11.4. The lowest BCUT2D eigenvalue weighted by atomic mass is 10.1. The van der Waals surface area contributed by atoms with Gasteiger partial charge in [-0.05, 0) is 37.6 Å². The second-order valence-electron chi connectivity index (χ2n) is 4.71. The summed E-state index contributed by atoms with van der Waals surface area (Å²) >= 11 is 0. The van der Waals surface area contributed by atoms with Gasteiger partial charge in [0.05, 0.1) is 11.4 Å². The minimum absolute atomic E-state index is 0.221. The zero-order chi connectivity index (χ0) is 12.5. The van der Waals surface area contributed by atoms with Crippen LogP contribution in [0, 0.1) is 5.82 Å². The minimum atomic E-state index is -0.221. The van der Waals surface area contributed by atoms with Gasteiger partial charge in [0.2, 0.25) is 0 Å². The van der Waals surface area contributed by atoms with Crippen molar-refractivity contribution in [1.29, 1.82) is 0 Å². The Morgan fingerprint density at radius 1 is 1.39 bits per heavy atom. The summed E-state index contributed by atoms with van der Waals surface area (Å²) in [6.07, 6.45) is 2.31. The Morgan fingerprint density at radius 2 is 2.22 bits per heavy atom. The molecule has 1 aromatic carbocycles. The average molecular weight is 245 g/mol. The van der Waals surface area contributed by atoms with E-state index in [-0.39, 0.29) is 5.82 Å². The quantitative estimate of drug-likeness (QED) is 0.881. The van der Waals surface area contributed by atoms with Crippen LogP contribution in [0.5, 0.6) is 0 Å². The molecule has 2 heterocycles. The molecule has 0 spiro atoms. The van der Waals surface area contributed by atoms with Gasteiger partial charge in [0.25, 0.3) is 0 Å². The van der Waals surface area contributed by atoms with E-state index in [1.54, 1.807) is 12.1 Å². The van der Waals surface area contributed by atoms with Gasteiger partial charge in [0.1, 0.15) is 5.82 Å². The van der Waals surface area contributed by atoms with Gasteiger partial charge in [-0.15, -0.1) is 0 Å². The van der Waals surface area contributed by atoms with Crippen molar-refractivity contribution < 1.29 is 4.39 Å². The summed E-state index contributed by atoms with van der Waals surface area (Å²) in [6, 6.07) is 9.10. The van der Waals surface area contributed by atoms with Gasteiger partial charge in [0, 0.05) is 18.7 Å². The van der Waals surface area contributed by atoms with Crippen molar-refractivity contribution in [3.8, 4) is 11.3 Å². The molecule has 1 N–H and O–H groups in total. The third-order valence-corrected chi connectivity index (χ3v) is 3.48. The number of hydrogen-bond acceptors (Lipinski definition) is 2. The van der Waals surface area contributed by atoms with Crippen molar-refractivity contribution in [1.82, 2.24) is 15.1 Å². The van der Waals surface area contributed by atoms with Crippen molar-refractivity contribution in [2.75, 3.05) is 6.54 Å². The zero-order valence-electron chi connectivity index (χ0n) is 10.4. The predicted octanol–water partition coefficient (Wildman–Crippen LogP) is 2.65. The number of hydrogen-bond donors (Lipinski definition) is 1. The summed E-state index contributed by atoms with van der Waals surface area (Å²) < 4.78 is 15.6. The maximum Gasteiger partial charge on any atom is 0.132 e. The molecule has 94 valence electrons. The maximum atomic E-state index is 13.7. The van der Waals surface area contributed by atoms with Crippen LogP contribution in [-0.2, 0) is 7.05 Å². The van der Waals surface area contributed by atoms with Crippen LogP contribution in [0.3, 0.4) is 0 Å². The Hall–Kier alpha value is -1.68. The van der Waals surface area contributed by atoms with Gasteiger partial charge in [-0.25, -0.2) is 4.39 Å². The Morgan fingerprint density at radius 3 is 2.94 bits per heavy atom. The molecule has 18 heavy (non-hydrogen) atoms. The van der Waals surface area contributed by atoms with E-state index < -0.39 is 0 Å². The fourth-order valence-electron chi connectivity index (χ4n) is 2.55. The number of benzene rings is 1. The van der Waals surface area contributed by atoms with Crippen LogP contribution < -0.4 is 5.32 Å². The lowest BCUT2D eigenvalue weighted by Crippen LogP contribution is -2.16. The summed E-state index contributed by atoms with van der Waals surface area (Å²) in [7, 11) is 1.92. The molecule has 1 unspecified atom stereocenters. The first-order chi connectivity index (χ1) is 8.75. The lowest BCUT2D eigenvalue weighted by molar-refractivity contribution is 0.574. The van der Waals surface area contributed by atoms with Gasteiger partial charge in [-0.1, -0.05) is 12.1 Å². The highest BCUT2D eigenvalue weighted by atomic mass is 19.1. The second-order valence-corrected chi connectivity index (χ2v) is 4.71. The van der Waals surface area contributed by atoms with Crippen LogP contribution in [0.25, 0.3) is 11.3 Å². The van der Waals surface area contributed by atoms with Crippen molar-refractivity contribution in [2.24, 2.45) is 7.05 Å². The molecule has 1 atom stereocenters. The van der Waals surface area contributed by atoms with Crippen LogP contribution in [0.1, 0.15) is 24.6 Å². The third-order valence-electron chi connectivity index (χ3n) is 3.48.